The van der Waals surface area contributed by atoms with E-state index in [1.165, 1.54) is 0 Å². The summed E-state index contributed by atoms with van der Waals surface area (Å²) >= 11 is 12.4. The lowest BCUT2D eigenvalue weighted by Gasteiger charge is -2.44. The summed E-state index contributed by atoms with van der Waals surface area (Å²) in [6.45, 7) is 13.6. The van der Waals surface area contributed by atoms with E-state index in [1.807, 2.05) is 37.3 Å². The van der Waals surface area contributed by atoms with E-state index in [4.69, 9.17) is 34.5 Å². The van der Waals surface area contributed by atoms with Gasteiger partial charge in [-0.2, -0.15) is 0 Å². The van der Waals surface area contributed by atoms with E-state index in [-0.39, 0.29) is 5.91 Å². The van der Waals surface area contributed by atoms with Crippen LogP contribution in [0.1, 0.15) is 49.5 Å². The number of carbonyl (C=O) groups excluding carboxylic acids is 1. The maximum atomic E-state index is 13.4. The van der Waals surface area contributed by atoms with Crippen LogP contribution in [0.25, 0.3) is 4.85 Å². The smallest absolute Gasteiger partial charge is 0.301 e. The van der Waals surface area contributed by atoms with Gasteiger partial charge < -0.3 is 4.74 Å². The zero-order valence-electron chi connectivity index (χ0n) is 16.8. The first kappa shape index (κ1) is 22.4. The van der Waals surface area contributed by atoms with Gasteiger partial charge in [-0.3, -0.25) is 14.5 Å². The van der Waals surface area contributed by atoms with Crippen LogP contribution in [0.5, 0.6) is 0 Å². The fourth-order valence-electron chi connectivity index (χ4n) is 3.86. The Hall–Kier alpha value is -2.32. The van der Waals surface area contributed by atoms with E-state index in [1.54, 1.807) is 29.2 Å². The van der Waals surface area contributed by atoms with Gasteiger partial charge in [0.15, 0.2) is 0 Å². The molecule has 0 aromatic heterocycles. The lowest BCUT2D eigenvalue weighted by Crippen LogP contribution is -2.53. The molecule has 6 heteroatoms. The highest BCUT2D eigenvalue weighted by Gasteiger charge is 2.48. The lowest BCUT2D eigenvalue weighted by atomic mass is 9.90. The Bertz CT molecular complexity index is 939. The molecule has 4 atom stereocenters. The largest absolute Gasteiger partial charge is 0.358 e. The summed E-state index contributed by atoms with van der Waals surface area (Å²) in [4.78, 5) is 18.9. The van der Waals surface area contributed by atoms with Crippen molar-refractivity contribution in [1.82, 2.24) is 4.90 Å². The average molecular weight is 443 g/mol. The Kier molecular flexibility index (Phi) is 7.55. The summed E-state index contributed by atoms with van der Waals surface area (Å²) < 4.78 is 6.32. The highest BCUT2D eigenvalue weighted by Crippen LogP contribution is 2.44. The average Bonchev–Trinajstić information content (AvgIpc) is 2.74. The molecule has 30 heavy (non-hydrogen) atoms. The van der Waals surface area contributed by atoms with Crippen LogP contribution in [0.2, 0.25) is 10.0 Å². The van der Waals surface area contributed by atoms with Crippen LogP contribution in [-0.4, -0.2) is 23.1 Å². The molecule has 2 aromatic carbocycles. The van der Waals surface area contributed by atoms with Gasteiger partial charge >= 0.3 is 6.17 Å². The number of nitrogens with zero attached hydrogens (tertiary/aromatic N) is 2. The quantitative estimate of drug-likeness (QED) is 0.356. The number of hydrogen-bond acceptors (Lipinski definition) is 2. The molecule has 0 radical (unpaired) electrons. The summed E-state index contributed by atoms with van der Waals surface area (Å²) in [6.07, 6.45) is 1.66. The Morgan fingerprint density at radius 2 is 1.93 bits per heavy atom. The van der Waals surface area contributed by atoms with Gasteiger partial charge in [0, 0.05) is 22.9 Å². The van der Waals surface area contributed by atoms with Crippen molar-refractivity contribution < 1.29 is 9.53 Å². The predicted molar refractivity (Wildman–Crippen MR) is 120 cm³/mol. The van der Waals surface area contributed by atoms with Crippen LogP contribution >= 0.6 is 23.2 Å². The molecule has 1 aliphatic heterocycles. The highest BCUT2D eigenvalue weighted by molar-refractivity contribution is 6.30. The van der Waals surface area contributed by atoms with Crippen LogP contribution in [0.4, 0.5) is 0 Å². The molecule has 1 fully saturated rings. The molecule has 1 heterocycles. The Labute approximate surface area is 187 Å². The van der Waals surface area contributed by atoms with Gasteiger partial charge in [0.05, 0.1) is 6.04 Å². The van der Waals surface area contributed by atoms with Crippen LogP contribution < -0.4 is 0 Å². The van der Waals surface area contributed by atoms with Gasteiger partial charge in [0.1, 0.15) is 12.2 Å². The SMILES string of the molecule is [C-]#[N+][C@H](CCC)N1C(=O)[C@H](CC=C)O[C@@H](c2cccc(Cl)c2)[C@H]1c1ccc(Cl)cc1. The fourth-order valence-corrected chi connectivity index (χ4v) is 4.19. The van der Waals surface area contributed by atoms with Gasteiger partial charge in [-0.15, -0.1) is 6.58 Å². The van der Waals surface area contributed by atoms with Gasteiger partial charge in [-0.1, -0.05) is 60.5 Å². The van der Waals surface area contributed by atoms with Gasteiger partial charge in [0.2, 0.25) is 0 Å². The van der Waals surface area contributed by atoms with Crippen LogP contribution in [0.3, 0.4) is 0 Å². The first-order valence-corrected chi connectivity index (χ1v) is 10.7. The zero-order valence-corrected chi connectivity index (χ0v) is 18.3. The van der Waals surface area contributed by atoms with Crippen molar-refractivity contribution in [3.8, 4) is 0 Å². The van der Waals surface area contributed by atoms with Crippen molar-refractivity contribution in [1.29, 1.82) is 0 Å². The van der Waals surface area contributed by atoms with Crippen LogP contribution in [0, 0.1) is 6.57 Å². The second kappa shape index (κ2) is 10.1. The fraction of sp³-hybridized carbons (Fsp3) is 0.333. The van der Waals surface area contributed by atoms with Crippen molar-refractivity contribution in [3.63, 3.8) is 0 Å². The Morgan fingerprint density at radius 1 is 1.20 bits per heavy atom. The standard InChI is InChI=1S/C24H24Cl2N2O2/c1-4-7-20-24(29)28(21(27-3)8-5-2)22(16-11-13-18(25)14-12-16)23(30-20)17-9-6-10-19(26)15-17/h4,6,9-15,20-23H,1,5,7-8H2,2H3/t20-,21-,22+,23-/m0/s1. The van der Waals surface area contributed by atoms with Crippen LogP contribution in [-0.2, 0) is 9.53 Å². The second-order valence-corrected chi connectivity index (χ2v) is 8.14. The Balaban J connectivity index is 2.17. The van der Waals surface area contributed by atoms with E-state index < -0.39 is 24.4 Å². The number of amides is 1. The topological polar surface area (TPSA) is 33.9 Å². The van der Waals surface area contributed by atoms with Crippen molar-refractivity contribution in [2.75, 3.05) is 0 Å². The van der Waals surface area contributed by atoms with Crippen molar-refractivity contribution in [2.45, 2.75) is 50.6 Å². The number of carbonyl (C=O) groups is 1. The third kappa shape index (κ3) is 4.70. The summed E-state index contributed by atoms with van der Waals surface area (Å²) in [7, 11) is 0. The molecular formula is C24H24Cl2N2O2. The molecular weight excluding hydrogens is 419 g/mol. The molecule has 1 aliphatic rings. The van der Waals surface area contributed by atoms with E-state index in [2.05, 4.69) is 11.4 Å². The summed E-state index contributed by atoms with van der Waals surface area (Å²) in [5.74, 6) is -0.192. The van der Waals surface area contributed by atoms with Crippen molar-refractivity contribution in [3.05, 3.63) is 93.8 Å². The maximum Gasteiger partial charge on any atom is 0.301 e. The first-order chi connectivity index (χ1) is 14.5. The summed E-state index contributed by atoms with van der Waals surface area (Å²) in [5, 5.41) is 1.19. The lowest BCUT2D eigenvalue weighted by molar-refractivity contribution is -0.177. The first-order valence-electron chi connectivity index (χ1n) is 9.96. The second-order valence-electron chi connectivity index (χ2n) is 7.26. The van der Waals surface area contributed by atoms with Crippen LogP contribution in [0.15, 0.2) is 61.2 Å². The molecule has 0 bridgehead atoms. The molecule has 3 rings (SSSR count). The minimum absolute atomic E-state index is 0.192. The molecule has 0 N–H and O–H groups in total. The highest BCUT2D eigenvalue weighted by atomic mass is 35.5. The van der Waals surface area contributed by atoms with E-state index >= 15 is 0 Å². The predicted octanol–water partition coefficient (Wildman–Crippen LogP) is 6.62. The van der Waals surface area contributed by atoms with E-state index in [9.17, 15) is 4.79 Å². The normalized spacial score (nSPS) is 22.4. The summed E-state index contributed by atoms with van der Waals surface area (Å²) in [6, 6.07) is 14.3. The number of ether oxygens (including phenoxy) is 1. The molecule has 1 amide bonds. The minimum atomic E-state index is -0.698. The Morgan fingerprint density at radius 3 is 2.53 bits per heavy atom. The molecule has 4 nitrogen and oxygen atoms in total. The molecule has 156 valence electrons. The molecule has 2 aromatic rings. The molecule has 1 saturated heterocycles. The third-order valence-corrected chi connectivity index (χ3v) is 5.70. The molecule has 0 aliphatic carbocycles. The number of rotatable bonds is 7. The van der Waals surface area contributed by atoms with Gasteiger partial charge in [0.25, 0.3) is 5.91 Å². The molecule has 0 unspecified atom stereocenters. The van der Waals surface area contributed by atoms with Gasteiger partial charge in [-0.05, 0) is 41.8 Å². The van der Waals surface area contributed by atoms with Crippen molar-refractivity contribution >= 4 is 29.1 Å². The third-order valence-electron chi connectivity index (χ3n) is 5.21. The maximum absolute atomic E-state index is 13.4. The number of hydrogen-bond donors (Lipinski definition) is 0. The number of halogens is 2. The number of morpholine rings is 1. The molecule has 0 saturated carbocycles. The van der Waals surface area contributed by atoms with E-state index in [0.29, 0.717) is 22.9 Å². The summed E-state index contributed by atoms with van der Waals surface area (Å²) in [5.41, 5.74) is 1.72. The van der Waals surface area contributed by atoms with Crippen molar-refractivity contribution in [2.24, 2.45) is 0 Å². The van der Waals surface area contributed by atoms with E-state index in [0.717, 1.165) is 17.5 Å². The number of benzene rings is 2. The minimum Gasteiger partial charge on any atom is -0.358 e. The van der Waals surface area contributed by atoms with Gasteiger partial charge in [-0.25, -0.2) is 6.57 Å². The zero-order chi connectivity index (χ0) is 21.7. The molecule has 0 spiro atoms. The monoisotopic (exact) mass is 442 g/mol.